The van der Waals surface area contributed by atoms with Crippen LogP contribution in [0.1, 0.15) is 6.92 Å². The summed E-state index contributed by atoms with van der Waals surface area (Å²) in [5, 5.41) is 1.01. The summed E-state index contributed by atoms with van der Waals surface area (Å²) in [5.74, 6) is 0. The third-order valence-corrected chi connectivity index (χ3v) is 9.98. The van der Waals surface area contributed by atoms with Gasteiger partial charge >= 0.3 is 0 Å². The van der Waals surface area contributed by atoms with Crippen LogP contribution in [0, 0.1) is 0 Å². The summed E-state index contributed by atoms with van der Waals surface area (Å²) in [6, 6.07) is 9.85. The van der Waals surface area contributed by atoms with Crippen LogP contribution in [0.4, 0.5) is 0 Å². The quantitative estimate of drug-likeness (QED) is 0.558. The van der Waals surface area contributed by atoms with Crippen LogP contribution < -0.4 is 5.30 Å². The van der Waals surface area contributed by atoms with Crippen molar-refractivity contribution in [1.29, 1.82) is 0 Å². The zero-order valence-electron chi connectivity index (χ0n) is 8.49. The zero-order valence-corrected chi connectivity index (χ0v) is 12.6. The first-order valence-corrected chi connectivity index (χ1v) is 8.69. The molecule has 82 valence electrons. The molecular weight excluding hydrogens is 339 g/mol. The second kappa shape index (κ2) is 4.01. The van der Waals surface area contributed by atoms with Crippen molar-refractivity contribution in [2.75, 3.05) is 12.3 Å². The van der Waals surface area contributed by atoms with Crippen molar-refractivity contribution >= 4 is 44.3 Å². The van der Waals surface area contributed by atoms with Gasteiger partial charge in [-0.25, -0.2) is 0 Å². The molecule has 0 spiro atoms. The molecule has 4 heteroatoms. The standard InChI is InChI=1S/C11H13Br2OP/c1-11(13)8-15(14,7-10(11)12)9-5-3-2-4-6-9/h2-6,10H,7-8H2,1H3. The molecule has 1 fully saturated rings. The van der Waals surface area contributed by atoms with E-state index in [1.165, 1.54) is 0 Å². The highest BCUT2D eigenvalue weighted by Crippen LogP contribution is 2.59. The van der Waals surface area contributed by atoms with Crippen LogP contribution in [-0.4, -0.2) is 21.5 Å². The van der Waals surface area contributed by atoms with Crippen LogP contribution in [0.15, 0.2) is 30.3 Å². The second-order valence-electron chi connectivity index (χ2n) is 4.31. The molecule has 1 heterocycles. The molecule has 1 aliphatic heterocycles. The van der Waals surface area contributed by atoms with Gasteiger partial charge in [-0.2, -0.15) is 0 Å². The Hall–Kier alpha value is 0.410. The van der Waals surface area contributed by atoms with E-state index in [2.05, 4.69) is 38.8 Å². The number of halogens is 2. The highest BCUT2D eigenvalue weighted by Gasteiger charge is 2.47. The minimum atomic E-state index is -2.19. The molecular formula is C11H13Br2OP. The molecule has 1 nitrogen and oxygen atoms in total. The summed E-state index contributed by atoms with van der Waals surface area (Å²) < 4.78 is 12.7. The van der Waals surface area contributed by atoms with Crippen molar-refractivity contribution in [3.63, 3.8) is 0 Å². The van der Waals surface area contributed by atoms with Crippen molar-refractivity contribution in [1.82, 2.24) is 0 Å². The predicted molar refractivity (Wildman–Crippen MR) is 73.5 cm³/mol. The van der Waals surface area contributed by atoms with E-state index in [1.807, 2.05) is 30.3 Å². The lowest BCUT2D eigenvalue weighted by Gasteiger charge is -2.18. The Morgan fingerprint density at radius 2 is 2.00 bits per heavy atom. The number of alkyl halides is 2. The molecule has 3 unspecified atom stereocenters. The molecule has 0 aliphatic carbocycles. The molecule has 2 rings (SSSR count). The van der Waals surface area contributed by atoms with E-state index in [9.17, 15) is 4.57 Å². The van der Waals surface area contributed by atoms with Crippen molar-refractivity contribution in [2.45, 2.75) is 16.1 Å². The van der Waals surface area contributed by atoms with Crippen LogP contribution in [0.2, 0.25) is 0 Å². The van der Waals surface area contributed by atoms with E-state index in [0.717, 1.165) is 17.6 Å². The topological polar surface area (TPSA) is 17.1 Å². The van der Waals surface area contributed by atoms with Crippen LogP contribution in [0.5, 0.6) is 0 Å². The highest BCUT2D eigenvalue weighted by atomic mass is 79.9. The first-order chi connectivity index (χ1) is 6.94. The van der Waals surface area contributed by atoms with Gasteiger partial charge in [-0.15, -0.1) is 0 Å². The van der Waals surface area contributed by atoms with Crippen LogP contribution in [0.25, 0.3) is 0 Å². The van der Waals surface area contributed by atoms with Gasteiger partial charge < -0.3 is 4.57 Å². The van der Waals surface area contributed by atoms with Crippen LogP contribution in [-0.2, 0) is 4.57 Å². The smallest absolute Gasteiger partial charge is 0.118 e. The monoisotopic (exact) mass is 350 g/mol. The summed E-state index contributed by atoms with van der Waals surface area (Å²) in [6.07, 6.45) is 1.48. The summed E-state index contributed by atoms with van der Waals surface area (Å²) in [5.41, 5.74) is 0. The van der Waals surface area contributed by atoms with Crippen molar-refractivity contribution < 1.29 is 4.57 Å². The van der Waals surface area contributed by atoms with E-state index in [0.29, 0.717) is 0 Å². The maximum absolute atomic E-state index is 12.8. The van der Waals surface area contributed by atoms with Gasteiger partial charge in [-0.05, 0) is 6.92 Å². The normalized spacial score (nSPS) is 40.6. The molecule has 1 aromatic carbocycles. The first-order valence-electron chi connectivity index (χ1n) is 4.91. The first kappa shape index (κ1) is 11.9. The van der Waals surface area contributed by atoms with Crippen LogP contribution in [0.3, 0.4) is 0 Å². The number of rotatable bonds is 1. The fourth-order valence-corrected chi connectivity index (χ4v) is 8.83. The lowest BCUT2D eigenvalue weighted by atomic mass is 10.2. The fraction of sp³-hybridized carbons (Fsp3) is 0.455. The fourth-order valence-electron chi connectivity index (χ4n) is 2.01. The average molecular weight is 352 g/mol. The number of benzene rings is 1. The van der Waals surface area contributed by atoms with Gasteiger partial charge in [0.05, 0.1) is 0 Å². The predicted octanol–water partition coefficient (Wildman–Crippen LogP) is 3.61. The molecule has 15 heavy (non-hydrogen) atoms. The summed E-state index contributed by atoms with van der Waals surface area (Å²) in [7, 11) is -2.19. The number of hydrogen-bond acceptors (Lipinski definition) is 1. The maximum Gasteiger partial charge on any atom is 0.118 e. The van der Waals surface area contributed by atoms with Gasteiger partial charge in [-0.1, -0.05) is 62.2 Å². The Labute approximate surface area is 107 Å². The lowest BCUT2D eigenvalue weighted by Crippen LogP contribution is -2.25. The van der Waals surface area contributed by atoms with Gasteiger partial charge in [-0.3, -0.25) is 0 Å². The Morgan fingerprint density at radius 1 is 1.40 bits per heavy atom. The highest BCUT2D eigenvalue weighted by molar-refractivity contribution is 9.12. The third kappa shape index (κ3) is 2.25. The maximum atomic E-state index is 12.8. The Kier molecular flexibility index (Phi) is 3.18. The Balaban J connectivity index is 2.36. The summed E-state index contributed by atoms with van der Waals surface area (Å²) >= 11 is 7.28. The minimum absolute atomic E-state index is 0.0433. The van der Waals surface area contributed by atoms with Gasteiger partial charge in [0.15, 0.2) is 0 Å². The van der Waals surface area contributed by atoms with Crippen molar-refractivity contribution in [2.24, 2.45) is 0 Å². The van der Waals surface area contributed by atoms with Crippen molar-refractivity contribution in [3.05, 3.63) is 30.3 Å². The summed E-state index contributed by atoms with van der Waals surface area (Å²) in [4.78, 5) is 0.288. The molecule has 0 amide bonds. The van der Waals surface area contributed by atoms with Gasteiger partial charge in [0.25, 0.3) is 0 Å². The molecule has 0 saturated carbocycles. The average Bonchev–Trinajstić information content (AvgIpc) is 2.38. The number of hydrogen-bond donors (Lipinski definition) is 0. The van der Waals surface area contributed by atoms with Crippen molar-refractivity contribution in [3.8, 4) is 0 Å². The SMILES string of the molecule is CC1(Br)CP(=O)(c2ccccc2)CC1Br. The van der Waals surface area contributed by atoms with E-state index >= 15 is 0 Å². The molecule has 1 saturated heterocycles. The van der Waals surface area contributed by atoms with E-state index in [4.69, 9.17) is 0 Å². The zero-order chi connectivity index (χ0) is 11.1. The van der Waals surface area contributed by atoms with Gasteiger partial charge in [0, 0.05) is 26.8 Å². The Bertz CT molecular complexity index is 402. The van der Waals surface area contributed by atoms with Gasteiger partial charge in [0.1, 0.15) is 7.14 Å². The van der Waals surface area contributed by atoms with E-state index in [1.54, 1.807) is 0 Å². The molecule has 1 aromatic rings. The molecule has 0 radical (unpaired) electrons. The largest absolute Gasteiger partial charge is 0.319 e. The van der Waals surface area contributed by atoms with E-state index < -0.39 is 7.14 Å². The second-order valence-corrected chi connectivity index (χ2v) is 10.2. The third-order valence-electron chi connectivity index (χ3n) is 2.90. The molecule has 0 bridgehead atoms. The summed E-state index contributed by atoms with van der Waals surface area (Å²) in [6.45, 7) is 2.11. The van der Waals surface area contributed by atoms with Gasteiger partial charge in [0.2, 0.25) is 0 Å². The molecule has 1 aliphatic rings. The molecule has 0 aromatic heterocycles. The van der Waals surface area contributed by atoms with E-state index in [-0.39, 0.29) is 9.15 Å². The minimum Gasteiger partial charge on any atom is -0.319 e. The Morgan fingerprint density at radius 3 is 2.47 bits per heavy atom. The lowest BCUT2D eigenvalue weighted by molar-refractivity contribution is 0.584. The molecule has 0 N–H and O–H groups in total. The molecule has 3 atom stereocenters. The van der Waals surface area contributed by atoms with Crippen LogP contribution >= 0.6 is 39.0 Å².